The monoisotopic (exact) mass is 536 g/mol. The van der Waals surface area contributed by atoms with Gasteiger partial charge in [-0.3, -0.25) is 9.88 Å². The van der Waals surface area contributed by atoms with E-state index < -0.39 is 34.8 Å². The van der Waals surface area contributed by atoms with Crippen molar-refractivity contribution in [2.75, 3.05) is 40.0 Å². The fourth-order valence-electron chi connectivity index (χ4n) is 5.09. The molecule has 1 aliphatic heterocycles. The van der Waals surface area contributed by atoms with Crippen LogP contribution in [0.2, 0.25) is 0 Å². The predicted octanol–water partition coefficient (Wildman–Crippen LogP) is 5.10. The van der Waals surface area contributed by atoms with Crippen LogP contribution in [0.25, 0.3) is 10.9 Å². The number of aromatic nitrogens is 1. The smallest absolute Gasteiger partial charge is 0.200 e. The number of rotatable bonds is 11. The number of methoxy groups -OCH3 is 1. The van der Waals surface area contributed by atoms with Gasteiger partial charge < -0.3 is 19.7 Å². The molecule has 10 heteroatoms. The Labute approximate surface area is 218 Å². The van der Waals surface area contributed by atoms with Gasteiger partial charge in [0.25, 0.3) is 0 Å². The van der Waals surface area contributed by atoms with Crippen LogP contribution >= 0.6 is 0 Å². The van der Waals surface area contributed by atoms with Gasteiger partial charge in [-0.15, -0.1) is 0 Å². The summed E-state index contributed by atoms with van der Waals surface area (Å²) in [5.74, 6) is -3.35. The molecule has 6 nitrogen and oxygen atoms in total. The molecule has 1 atom stereocenters. The molecule has 0 aliphatic carbocycles. The SMILES string of the molecule is COc1ccc2ncc(CO)c([C@H](F)CCC3(CO)CCN(CCOc4cc(F)cc(F)c4F)CC3)c2c1. The third-order valence-corrected chi connectivity index (χ3v) is 7.49. The van der Waals surface area contributed by atoms with Gasteiger partial charge in [0, 0.05) is 48.0 Å². The van der Waals surface area contributed by atoms with Crippen molar-refractivity contribution in [2.45, 2.75) is 38.5 Å². The summed E-state index contributed by atoms with van der Waals surface area (Å²) in [6.07, 6.45) is 1.97. The summed E-state index contributed by atoms with van der Waals surface area (Å²) in [5.41, 5.74) is 0.953. The van der Waals surface area contributed by atoms with E-state index in [9.17, 15) is 23.4 Å². The fraction of sp³-hybridized carbons (Fsp3) is 0.464. The zero-order valence-corrected chi connectivity index (χ0v) is 21.2. The van der Waals surface area contributed by atoms with Crippen molar-refractivity contribution < 1.29 is 37.2 Å². The summed E-state index contributed by atoms with van der Waals surface area (Å²) >= 11 is 0. The average Bonchev–Trinajstić information content (AvgIpc) is 2.94. The first-order valence-electron chi connectivity index (χ1n) is 12.6. The van der Waals surface area contributed by atoms with E-state index in [0.29, 0.717) is 72.7 Å². The Kier molecular flexibility index (Phi) is 9.07. The van der Waals surface area contributed by atoms with E-state index in [4.69, 9.17) is 9.47 Å². The number of nitrogens with zero attached hydrogens (tertiary/aromatic N) is 2. The molecule has 1 aliphatic rings. The van der Waals surface area contributed by atoms with E-state index in [1.807, 2.05) is 0 Å². The van der Waals surface area contributed by atoms with Crippen LogP contribution in [-0.4, -0.2) is 60.1 Å². The molecule has 1 fully saturated rings. The highest BCUT2D eigenvalue weighted by Crippen LogP contribution is 2.41. The second-order valence-corrected chi connectivity index (χ2v) is 9.79. The standard InChI is InChI=1S/C28H32F4N2O4/c1-37-20-2-3-24-21(14-20)26(18(16-35)15-33-24)22(30)4-5-28(17-36)6-8-34(9-7-28)10-11-38-25-13-19(29)12-23(31)27(25)32/h2-3,12-15,22,35-36H,4-11,16-17H2,1H3/t22-/m1/s1. The molecule has 1 saturated heterocycles. The van der Waals surface area contributed by atoms with E-state index in [-0.39, 0.29) is 26.2 Å². The number of likely N-dealkylation sites (tertiary alicyclic amines) is 1. The zero-order valence-electron chi connectivity index (χ0n) is 21.2. The summed E-state index contributed by atoms with van der Waals surface area (Å²) in [7, 11) is 1.53. The molecule has 0 saturated carbocycles. The van der Waals surface area contributed by atoms with Crippen molar-refractivity contribution in [3.05, 3.63) is 65.1 Å². The molecule has 4 rings (SSSR count). The minimum absolute atomic E-state index is 0.0427. The van der Waals surface area contributed by atoms with Crippen LogP contribution in [0.1, 0.15) is 43.0 Å². The first-order chi connectivity index (χ1) is 18.3. The number of halogens is 4. The molecule has 2 N–H and O–H groups in total. The zero-order chi connectivity index (χ0) is 27.3. The van der Waals surface area contributed by atoms with Gasteiger partial charge in [-0.2, -0.15) is 4.39 Å². The maximum absolute atomic E-state index is 15.7. The minimum atomic E-state index is -1.37. The number of fused-ring (bicyclic) bond motifs is 1. The Bertz CT molecular complexity index is 1250. The van der Waals surface area contributed by atoms with Crippen LogP contribution in [0.5, 0.6) is 11.5 Å². The van der Waals surface area contributed by atoms with Crippen LogP contribution in [0.4, 0.5) is 17.6 Å². The van der Waals surface area contributed by atoms with Crippen LogP contribution in [0.15, 0.2) is 36.5 Å². The fourth-order valence-corrected chi connectivity index (χ4v) is 5.09. The Morgan fingerprint density at radius 3 is 2.55 bits per heavy atom. The van der Waals surface area contributed by atoms with Gasteiger partial charge in [0.05, 0.1) is 19.2 Å². The molecule has 0 radical (unpaired) electrons. The summed E-state index contributed by atoms with van der Waals surface area (Å²) in [4.78, 5) is 6.38. The van der Waals surface area contributed by atoms with Gasteiger partial charge in [0.1, 0.15) is 24.3 Å². The first-order valence-corrected chi connectivity index (χ1v) is 12.6. The first kappa shape index (κ1) is 28.1. The third-order valence-electron chi connectivity index (χ3n) is 7.49. The van der Waals surface area contributed by atoms with Crippen LogP contribution in [-0.2, 0) is 6.61 Å². The van der Waals surface area contributed by atoms with E-state index in [0.717, 1.165) is 6.07 Å². The van der Waals surface area contributed by atoms with E-state index >= 15 is 4.39 Å². The molecule has 38 heavy (non-hydrogen) atoms. The van der Waals surface area contributed by atoms with Gasteiger partial charge in [0.15, 0.2) is 11.6 Å². The number of pyridine rings is 1. The molecule has 2 heterocycles. The molecule has 2 aromatic carbocycles. The number of alkyl halides is 1. The van der Waals surface area contributed by atoms with Crippen LogP contribution in [0.3, 0.4) is 0 Å². The van der Waals surface area contributed by atoms with Gasteiger partial charge in [-0.05, 0) is 62.4 Å². The number of ether oxygens (including phenoxy) is 2. The lowest BCUT2D eigenvalue weighted by Crippen LogP contribution is -2.43. The highest BCUT2D eigenvalue weighted by Gasteiger charge is 2.35. The molecule has 0 bridgehead atoms. The van der Waals surface area contributed by atoms with E-state index in [1.165, 1.54) is 13.3 Å². The number of hydrogen-bond donors (Lipinski definition) is 2. The van der Waals surface area contributed by atoms with Crippen LogP contribution in [0, 0.1) is 22.9 Å². The quantitative estimate of drug-likeness (QED) is 0.263. The topological polar surface area (TPSA) is 75.0 Å². The highest BCUT2D eigenvalue weighted by molar-refractivity contribution is 5.85. The number of piperidine rings is 1. The van der Waals surface area contributed by atoms with Crippen molar-refractivity contribution in [1.82, 2.24) is 9.88 Å². The van der Waals surface area contributed by atoms with Gasteiger partial charge >= 0.3 is 0 Å². The van der Waals surface area contributed by atoms with Crippen molar-refractivity contribution >= 4 is 10.9 Å². The van der Waals surface area contributed by atoms with Crippen molar-refractivity contribution in [3.8, 4) is 11.5 Å². The maximum Gasteiger partial charge on any atom is 0.200 e. The second-order valence-electron chi connectivity index (χ2n) is 9.79. The van der Waals surface area contributed by atoms with Crippen molar-refractivity contribution in [1.29, 1.82) is 0 Å². The molecular weight excluding hydrogens is 504 g/mol. The lowest BCUT2D eigenvalue weighted by atomic mass is 9.74. The normalized spacial score (nSPS) is 16.5. The average molecular weight is 537 g/mol. The second kappa shape index (κ2) is 12.3. The maximum atomic E-state index is 15.7. The summed E-state index contributed by atoms with van der Waals surface area (Å²) in [6.45, 7) is 1.24. The van der Waals surface area contributed by atoms with Crippen molar-refractivity contribution in [2.24, 2.45) is 5.41 Å². The molecular formula is C28H32F4N2O4. The Morgan fingerprint density at radius 1 is 1.11 bits per heavy atom. The van der Waals surface area contributed by atoms with Gasteiger partial charge in [-0.1, -0.05) is 0 Å². The molecule has 0 spiro atoms. The van der Waals surface area contributed by atoms with Gasteiger partial charge in [0.2, 0.25) is 5.82 Å². The number of benzene rings is 2. The molecule has 0 unspecified atom stereocenters. The summed E-state index contributed by atoms with van der Waals surface area (Å²) in [5, 5.41) is 20.6. The molecule has 0 amide bonds. The van der Waals surface area contributed by atoms with E-state index in [1.54, 1.807) is 18.2 Å². The van der Waals surface area contributed by atoms with Crippen LogP contribution < -0.4 is 9.47 Å². The minimum Gasteiger partial charge on any atom is -0.497 e. The van der Waals surface area contributed by atoms with Gasteiger partial charge in [-0.25, -0.2) is 13.2 Å². The Morgan fingerprint density at radius 2 is 1.87 bits per heavy atom. The number of hydrogen-bond acceptors (Lipinski definition) is 6. The molecule has 3 aromatic rings. The molecule has 206 valence electrons. The lowest BCUT2D eigenvalue weighted by molar-refractivity contribution is 0.0263. The Hall–Kier alpha value is -2.95. The largest absolute Gasteiger partial charge is 0.497 e. The predicted molar refractivity (Wildman–Crippen MR) is 134 cm³/mol. The third kappa shape index (κ3) is 6.19. The lowest BCUT2D eigenvalue weighted by Gasteiger charge is -2.41. The summed E-state index contributed by atoms with van der Waals surface area (Å²) in [6, 6.07) is 6.48. The number of aliphatic hydroxyl groups is 2. The van der Waals surface area contributed by atoms with Crippen molar-refractivity contribution in [3.63, 3.8) is 0 Å². The number of aliphatic hydroxyl groups excluding tert-OH is 2. The summed E-state index contributed by atoms with van der Waals surface area (Å²) < 4.78 is 66.7. The van der Waals surface area contributed by atoms with E-state index in [2.05, 4.69) is 9.88 Å². The molecule has 1 aromatic heterocycles. The highest BCUT2D eigenvalue weighted by atomic mass is 19.2. The Balaban J connectivity index is 1.35.